The quantitative estimate of drug-likeness (QED) is 0.387. The largest absolute Gasteiger partial charge is 0.357 e. The number of aryl methyl sites for hydroxylation is 1. The van der Waals surface area contributed by atoms with E-state index in [1.54, 1.807) is 0 Å². The summed E-state index contributed by atoms with van der Waals surface area (Å²) in [6, 6.07) is 25.2. The minimum Gasteiger partial charge on any atom is -0.357 e. The first-order valence-corrected chi connectivity index (χ1v) is 11.8. The van der Waals surface area contributed by atoms with Crippen LogP contribution in [0.3, 0.4) is 0 Å². The van der Waals surface area contributed by atoms with Crippen molar-refractivity contribution in [2.75, 3.05) is 6.54 Å². The molecule has 0 saturated heterocycles. The fraction of sp³-hybridized carbons (Fsp3) is 0.276. The summed E-state index contributed by atoms with van der Waals surface area (Å²) in [6.07, 6.45) is 6.62. The second-order valence-electron chi connectivity index (χ2n) is 9.22. The maximum absolute atomic E-state index is 4.47. The average Bonchev–Trinajstić information content (AvgIpc) is 3.23. The van der Waals surface area contributed by atoms with Gasteiger partial charge in [0.05, 0.1) is 0 Å². The minimum atomic E-state index is 0.325. The highest BCUT2D eigenvalue weighted by molar-refractivity contribution is 5.91. The fourth-order valence-corrected chi connectivity index (χ4v) is 5.42. The zero-order valence-corrected chi connectivity index (χ0v) is 18.6. The fourth-order valence-electron chi connectivity index (χ4n) is 5.42. The molecular weight excluding hydrogens is 390 g/mol. The summed E-state index contributed by atoms with van der Waals surface area (Å²) in [5.41, 5.74) is 10.7. The van der Waals surface area contributed by atoms with Crippen LogP contribution in [0.4, 0.5) is 0 Å². The van der Waals surface area contributed by atoms with Crippen LogP contribution in [0, 0.1) is 0 Å². The molecule has 3 aromatic carbocycles. The van der Waals surface area contributed by atoms with E-state index in [1.165, 1.54) is 62.8 Å². The van der Waals surface area contributed by atoms with Gasteiger partial charge in [-0.3, -0.25) is 4.99 Å². The Bertz CT molecular complexity index is 1300. The molecule has 2 atom stereocenters. The number of nitrogens with one attached hydrogen (secondary N) is 2. The Morgan fingerprint density at radius 1 is 0.969 bits per heavy atom. The summed E-state index contributed by atoms with van der Waals surface area (Å²) < 4.78 is 0. The molecule has 2 aliphatic rings. The molecule has 32 heavy (non-hydrogen) atoms. The number of hydrogen-bond donors (Lipinski definition) is 2. The van der Waals surface area contributed by atoms with Crippen molar-refractivity contribution in [3.63, 3.8) is 0 Å². The van der Waals surface area contributed by atoms with Crippen molar-refractivity contribution >= 4 is 17.1 Å². The summed E-state index contributed by atoms with van der Waals surface area (Å²) in [6.45, 7) is 3.18. The SMILES string of the molecule is C[C@@H](NC1CCCc2c1[nH]c1ccc(-c3ccc4c(c3)C=NCC4)cc21)c1ccccc1. The van der Waals surface area contributed by atoms with E-state index in [4.69, 9.17) is 0 Å². The van der Waals surface area contributed by atoms with Gasteiger partial charge in [-0.05, 0) is 84.2 Å². The lowest BCUT2D eigenvalue weighted by Gasteiger charge is -2.27. The lowest BCUT2D eigenvalue weighted by atomic mass is 9.90. The van der Waals surface area contributed by atoms with Crippen LogP contribution < -0.4 is 5.32 Å². The van der Waals surface area contributed by atoms with Gasteiger partial charge in [0.15, 0.2) is 0 Å². The highest BCUT2D eigenvalue weighted by Crippen LogP contribution is 2.37. The molecule has 0 bridgehead atoms. The van der Waals surface area contributed by atoms with Crippen LogP contribution in [0.1, 0.15) is 59.8 Å². The molecule has 160 valence electrons. The molecule has 3 nitrogen and oxygen atoms in total. The van der Waals surface area contributed by atoms with Crippen LogP contribution in [0.25, 0.3) is 22.0 Å². The highest BCUT2D eigenvalue weighted by atomic mass is 15.0. The van der Waals surface area contributed by atoms with Crippen LogP contribution in [0.15, 0.2) is 71.7 Å². The third-order valence-electron chi connectivity index (χ3n) is 7.18. The summed E-state index contributed by atoms with van der Waals surface area (Å²) in [7, 11) is 0. The lowest BCUT2D eigenvalue weighted by molar-refractivity contribution is 0.410. The second-order valence-corrected chi connectivity index (χ2v) is 9.22. The summed E-state index contributed by atoms with van der Waals surface area (Å²) in [5, 5.41) is 5.26. The zero-order valence-electron chi connectivity index (χ0n) is 18.6. The van der Waals surface area contributed by atoms with E-state index >= 15 is 0 Å². The maximum atomic E-state index is 4.47. The van der Waals surface area contributed by atoms with Gasteiger partial charge in [0.25, 0.3) is 0 Å². The zero-order chi connectivity index (χ0) is 21.5. The number of aromatic amines is 1. The van der Waals surface area contributed by atoms with Gasteiger partial charge < -0.3 is 10.3 Å². The number of aliphatic imine (C=N–C) groups is 1. The van der Waals surface area contributed by atoms with Gasteiger partial charge in [0.1, 0.15) is 0 Å². The first-order chi connectivity index (χ1) is 15.8. The number of rotatable bonds is 4. The Morgan fingerprint density at radius 3 is 2.72 bits per heavy atom. The molecule has 1 aliphatic heterocycles. The van der Waals surface area contributed by atoms with E-state index in [1.807, 2.05) is 6.21 Å². The molecule has 3 heteroatoms. The normalized spacial score (nSPS) is 18.3. The molecule has 1 aromatic heterocycles. The molecule has 0 amide bonds. The standard InChI is InChI=1S/C29H29N3/c1-19(20-6-3-2-4-7-20)31-28-9-5-8-25-26-17-23(12-13-27(26)32-29(25)28)22-11-10-21-14-15-30-18-24(21)16-22/h2-4,6-7,10-13,16-19,28,31-32H,5,8-9,14-15H2,1H3/t19-,28?/m1/s1. The van der Waals surface area contributed by atoms with E-state index in [0.29, 0.717) is 12.1 Å². The summed E-state index contributed by atoms with van der Waals surface area (Å²) >= 11 is 0. The van der Waals surface area contributed by atoms with E-state index in [0.717, 1.165) is 19.4 Å². The first kappa shape index (κ1) is 19.5. The molecule has 2 N–H and O–H groups in total. The van der Waals surface area contributed by atoms with Crippen molar-refractivity contribution in [1.82, 2.24) is 10.3 Å². The predicted molar refractivity (Wildman–Crippen MR) is 134 cm³/mol. The Hall–Kier alpha value is -3.17. The Labute approximate surface area is 189 Å². The van der Waals surface area contributed by atoms with Crippen molar-refractivity contribution < 1.29 is 0 Å². The van der Waals surface area contributed by atoms with Gasteiger partial charge in [-0.2, -0.15) is 0 Å². The first-order valence-electron chi connectivity index (χ1n) is 11.8. The molecule has 2 heterocycles. The topological polar surface area (TPSA) is 40.2 Å². The molecule has 0 saturated carbocycles. The van der Waals surface area contributed by atoms with Gasteiger partial charge in [-0.1, -0.05) is 48.5 Å². The van der Waals surface area contributed by atoms with Gasteiger partial charge in [0.2, 0.25) is 0 Å². The van der Waals surface area contributed by atoms with E-state index in [2.05, 4.69) is 88.9 Å². The van der Waals surface area contributed by atoms with E-state index in [9.17, 15) is 0 Å². The summed E-state index contributed by atoms with van der Waals surface area (Å²) in [5.74, 6) is 0. The van der Waals surface area contributed by atoms with Gasteiger partial charge in [0, 0.05) is 41.4 Å². The molecule has 6 rings (SSSR count). The molecule has 0 spiro atoms. The number of H-pyrrole nitrogens is 1. The summed E-state index contributed by atoms with van der Waals surface area (Å²) in [4.78, 5) is 8.24. The minimum absolute atomic E-state index is 0.325. The van der Waals surface area contributed by atoms with E-state index in [-0.39, 0.29) is 0 Å². The molecule has 1 unspecified atom stereocenters. The Kier molecular flexibility index (Phi) is 4.92. The number of benzene rings is 3. The van der Waals surface area contributed by atoms with Crippen LogP contribution in [-0.4, -0.2) is 17.7 Å². The maximum Gasteiger partial charge on any atom is 0.0480 e. The van der Waals surface area contributed by atoms with Gasteiger partial charge >= 0.3 is 0 Å². The van der Waals surface area contributed by atoms with Crippen LogP contribution in [-0.2, 0) is 12.8 Å². The third kappa shape index (κ3) is 3.47. The van der Waals surface area contributed by atoms with Crippen LogP contribution in [0.5, 0.6) is 0 Å². The second kappa shape index (κ2) is 8.07. The molecule has 4 aromatic rings. The number of aromatic nitrogens is 1. The number of hydrogen-bond acceptors (Lipinski definition) is 2. The molecule has 0 fully saturated rings. The van der Waals surface area contributed by atoms with Crippen LogP contribution in [0.2, 0.25) is 0 Å². The van der Waals surface area contributed by atoms with Crippen molar-refractivity contribution in [2.45, 2.75) is 44.7 Å². The van der Waals surface area contributed by atoms with Gasteiger partial charge in [-0.15, -0.1) is 0 Å². The highest BCUT2D eigenvalue weighted by Gasteiger charge is 2.25. The number of nitrogens with zero attached hydrogens (tertiary/aromatic N) is 1. The van der Waals surface area contributed by atoms with Crippen molar-refractivity contribution in [3.05, 3.63) is 94.7 Å². The molecule has 0 radical (unpaired) electrons. The number of fused-ring (bicyclic) bond motifs is 4. The van der Waals surface area contributed by atoms with Crippen molar-refractivity contribution in [1.29, 1.82) is 0 Å². The lowest BCUT2D eigenvalue weighted by Crippen LogP contribution is -2.27. The average molecular weight is 420 g/mol. The predicted octanol–water partition coefficient (Wildman–Crippen LogP) is 6.54. The Balaban J connectivity index is 1.34. The monoisotopic (exact) mass is 419 g/mol. The molecular formula is C29H29N3. The van der Waals surface area contributed by atoms with Gasteiger partial charge in [-0.25, -0.2) is 0 Å². The molecule has 1 aliphatic carbocycles. The Morgan fingerprint density at radius 2 is 1.81 bits per heavy atom. The smallest absolute Gasteiger partial charge is 0.0480 e. The van der Waals surface area contributed by atoms with E-state index < -0.39 is 0 Å². The van der Waals surface area contributed by atoms with Crippen LogP contribution >= 0.6 is 0 Å². The van der Waals surface area contributed by atoms with Crippen molar-refractivity contribution in [2.24, 2.45) is 4.99 Å². The van der Waals surface area contributed by atoms with Crippen molar-refractivity contribution in [3.8, 4) is 11.1 Å². The third-order valence-corrected chi connectivity index (χ3v) is 7.18.